The third-order valence-corrected chi connectivity index (χ3v) is 5.00. The summed E-state index contributed by atoms with van der Waals surface area (Å²) in [6.07, 6.45) is 5.70. The molecule has 0 bridgehead atoms. The average molecular weight is 281 g/mol. The highest BCUT2D eigenvalue weighted by atomic mass is 16.4. The number of amides is 1. The Balaban J connectivity index is 1.95. The molecule has 1 amide bonds. The lowest BCUT2D eigenvalue weighted by Crippen LogP contribution is -2.44. The number of nitrogens with one attached hydrogen (secondary N) is 1. The van der Waals surface area contributed by atoms with E-state index in [-0.39, 0.29) is 23.3 Å². The van der Waals surface area contributed by atoms with E-state index in [1.165, 1.54) is 6.42 Å². The molecule has 0 aromatic carbocycles. The van der Waals surface area contributed by atoms with E-state index in [2.05, 4.69) is 19.2 Å². The van der Waals surface area contributed by atoms with Crippen molar-refractivity contribution in [2.75, 3.05) is 0 Å². The van der Waals surface area contributed by atoms with E-state index in [1.54, 1.807) is 0 Å². The van der Waals surface area contributed by atoms with Gasteiger partial charge in [0.15, 0.2) is 0 Å². The molecule has 0 aromatic rings. The zero-order valence-corrected chi connectivity index (χ0v) is 12.8. The zero-order valence-electron chi connectivity index (χ0n) is 12.8. The van der Waals surface area contributed by atoms with Crippen molar-refractivity contribution >= 4 is 11.9 Å². The van der Waals surface area contributed by atoms with E-state index in [1.807, 2.05) is 6.92 Å². The van der Waals surface area contributed by atoms with Gasteiger partial charge in [0.25, 0.3) is 0 Å². The first-order valence-electron chi connectivity index (χ1n) is 7.82. The molecule has 2 rings (SSSR count). The lowest BCUT2D eigenvalue weighted by atomic mass is 9.75. The smallest absolute Gasteiger partial charge is 0.307 e. The second-order valence-electron chi connectivity index (χ2n) is 7.59. The van der Waals surface area contributed by atoms with Crippen LogP contribution in [0.1, 0.15) is 59.3 Å². The highest BCUT2D eigenvalue weighted by Crippen LogP contribution is 2.38. The summed E-state index contributed by atoms with van der Waals surface area (Å²) in [7, 11) is 0. The van der Waals surface area contributed by atoms with Crippen LogP contribution in [0, 0.1) is 23.2 Å². The molecule has 0 aliphatic heterocycles. The van der Waals surface area contributed by atoms with Crippen LogP contribution in [0.5, 0.6) is 0 Å². The normalized spacial score (nSPS) is 36.5. The molecule has 0 spiro atoms. The first-order chi connectivity index (χ1) is 9.28. The number of carbonyl (C=O) groups is 2. The number of carboxylic acid groups (broad SMARTS) is 1. The molecule has 2 fully saturated rings. The first-order valence-corrected chi connectivity index (χ1v) is 7.82. The molecule has 0 aromatic heterocycles. The maximum Gasteiger partial charge on any atom is 0.307 e. The Kier molecular flexibility index (Phi) is 4.40. The highest BCUT2D eigenvalue weighted by molar-refractivity contribution is 5.85. The van der Waals surface area contributed by atoms with Crippen LogP contribution >= 0.6 is 0 Å². The van der Waals surface area contributed by atoms with Crippen molar-refractivity contribution in [2.45, 2.75) is 65.3 Å². The fourth-order valence-electron chi connectivity index (χ4n) is 3.98. The van der Waals surface area contributed by atoms with Crippen LogP contribution in [0.25, 0.3) is 0 Å². The quantitative estimate of drug-likeness (QED) is 0.836. The minimum Gasteiger partial charge on any atom is -0.481 e. The van der Waals surface area contributed by atoms with Crippen molar-refractivity contribution < 1.29 is 14.7 Å². The molecular formula is C16H27NO3. The van der Waals surface area contributed by atoms with Crippen LogP contribution in [0.4, 0.5) is 0 Å². The molecule has 0 radical (unpaired) electrons. The van der Waals surface area contributed by atoms with E-state index in [4.69, 9.17) is 0 Å². The summed E-state index contributed by atoms with van der Waals surface area (Å²) in [5, 5.41) is 12.4. The Morgan fingerprint density at radius 1 is 1.20 bits per heavy atom. The third kappa shape index (κ3) is 3.53. The molecule has 2 aliphatic rings. The first kappa shape index (κ1) is 15.3. The lowest BCUT2D eigenvalue weighted by molar-refractivity contribution is -0.146. The Morgan fingerprint density at radius 2 is 1.85 bits per heavy atom. The summed E-state index contributed by atoms with van der Waals surface area (Å²) in [5.41, 5.74) is 0.283. The van der Waals surface area contributed by atoms with Gasteiger partial charge >= 0.3 is 5.97 Å². The predicted octanol–water partition coefficient (Wildman–Crippen LogP) is 2.82. The van der Waals surface area contributed by atoms with Gasteiger partial charge in [0.1, 0.15) is 0 Å². The summed E-state index contributed by atoms with van der Waals surface area (Å²) in [6, 6.07) is 0.219. The fraction of sp³-hybridized carbons (Fsp3) is 0.875. The van der Waals surface area contributed by atoms with Crippen LogP contribution in [-0.2, 0) is 9.59 Å². The Morgan fingerprint density at radius 3 is 2.45 bits per heavy atom. The predicted molar refractivity (Wildman–Crippen MR) is 77.2 cm³/mol. The van der Waals surface area contributed by atoms with Crippen LogP contribution in [0.2, 0.25) is 0 Å². The fourth-order valence-corrected chi connectivity index (χ4v) is 3.98. The standard InChI is InChI=1S/C16H27NO3/c1-10-7-12(13(8-10)15(19)20)14(18)17-11-5-4-6-16(2,3)9-11/h10-13H,4-9H2,1-3H3,(H,17,18)(H,19,20). The summed E-state index contributed by atoms with van der Waals surface area (Å²) < 4.78 is 0. The monoisotopic (exact) mass is 281 g/mol. The molecule has 0 heterocycles. The molecule has 4 nitrogen and oxygen atoms in total. The second kappa shape index (κ2) is 5.74. The van der Waals surface area contributed by atoms with Gasteiger partial charge in [0, 0.05) is 6.04 Å². The zero-order chi connectivity index (χ0) is 14.9. The molecule has 2 aliphatic carbocycles. The molecule has 4 heteroatoms. The topological polar surface area (TPSA) is 66.4 Å². The Hall–Kier alpha value is -1.06. The molecule has 2 saturated carbocycles. The van der Waals surface area contributed by atoms with Gasteiger partial charge in [-0.05, 0) is 43.4 Å². The van der Waals surface area contributed by atoms with Gasteiger partial charge in [-0.3, -0.25) is 9.59 Å². The molecule has 2 N–H and O–H groups in total. The van der Waals surface area contributed by atoms with E-state index < -0.39 is 11.9 Å². The van der Waals surface area contributed by atoms with Crippen molar-refractivity contribution in [1.82, 2.24) is 5.32 Å². The Bertz CT molecular complexity index is 391. The van der Waals surface area contributed by atoms with E-state index >= 15 is 0 Å². The molecule has 114 valence electrons. The van der Waals surface area contributed by atoms with Gasteiger partial charge in [-0.2, -0.15) is 0 Å². The van der Waals surface area contributed by atoms with Crippen LogP contribution in [0.3, 0.4) is 0 Å². The molecule has 20 heavy (non-hydrogen) atoms. The van der Waals surface area contributed by atoms with Crippen molar-refractivity contribution in [3.63, 3.8) is 0 Å². The summed E-state index contributed by atoms with van der Waals surface area (Å²) >= 11 is 0. The summed E-state index contributed by atoms with van der Waals surface area (Å²) in [4.78, 5) is 23.7. The number of carboxylic acids is 1. The lowest BCUT2D eigenvalue weighted by Gasteiger charge is -2.36. The van der Waals surface area contributed by atoms with Gasteiger partial charge in [-0.15, -0.1) is 0 Å². The number of hydrogen-bond acceptors (Lipinski definition) is 2. The number of rotatable bonds is 3. The van der Waals surface area contributed by atoms with E-state index in [0.717, 1.165) is 19.3 Å². The van der Waals surface area contributed by atoms with Gasteiger partial charge in [0.05, 0.1) is 11.8 Å². The molecule has 4 atom stereocenters. The molecule has 4 unspecified atom stereocenters. The van der Waals surface area contributed by atoms with Crippen LogP contribution in [-0.4, -0.2) is 23.0 Å². The summed E-state index contributed by atoms with van der Waals surface area (Å²) in [5.74, 6) is -1.37. The minimum atomic E-state index is -0.821. The largest absolute Gasteiger partial charge is 0.481 e. The maximum absolute atomic E-state index is 12.4. The van der Waals surface area contributed by atoms with Gasteiger partial charge in [0.2, 0.25) is 5.91 Å². The SMILES string of the molecule is CC1CC(C(=O)O)C(C(=O)NC2CCCC(C)(C)C2)C1. The van der Waals surface area contributed by atoms with Gasteiger partial charge in [-0.1, -0.05) is 27.2 Å². The maximum atomic E-state index is 12.4. The minimum absolute atomic E-state index is 0.0375. The Labute approximate surface area is 121 Å². The van der Waals surface area contributed by atoms with Gasteiger partial charge < -0.3 is 10.4 Å². The second-order valence-corrected chi connectivity index (χ2v) is 7.59. The average Bonchev–Trinajstić information content (AvgIpc) is 2.70. The van der Waals surface area contributed by atoms with Crippen LogP contribution < -0.4 is 5.32 Å². The molecule has 0 saturated heterocycles. The van der Waals surface area contributed by atoms with E-state index in [0.29, 0.717) is 18.8 Å². The van der Waals surface area contributed by atoms with Crippen molar-refractivity contribution in [2.24, 2.45) is 23.2 Å². The molecular weight excluding hydrogens is 254 g/mol. The summed E-state index contributed by atoms with van der Waals surface area (Å²) in [6.45, 7) is 6.51. The number of hydrogen-bond donors (Lipinski definition) is 2. The number of carbonyl (C=O) groups excluding carboxylic acids is 1. The third-order valence-electron chi connectivity index (χ3n) is 5.00. The number of aliphatic carboxylic acids is 1. The van der Waals surface area contributed by atoms with Gasteiger partial charge in [-0.25, -0.2) is 0 Å². The van der Waals surface area contributed by atoms with Crippen molar-refractivity contribution in [3.8, 4) is 0 Å². The van der Waals surface area contributed by atoms with Crippen molar-refractivity contribution in [3.05, 3.63) is 0 Å². The van der Waals surface area contributed by atoms with Crippen LogP contribution in [0.15, 0.2) is 0 Å². The highest BCUT2D eigenvalue weighted by Gasteiger charge is 2.42. The van der Waals surface area contributed by atoms with E-state index in [9.17, 15) is 14.7 Å². The van der Waals surface area contributed by atoms with Crippen molar-refractivity contribution in [1.29, 1.82) is 0 Å².